The van der Waals surface area contributed by atoms with Gasteiger partial charge in [0.2, 0.25) is 5.91 Å². The zero-order valence-corrected chi connectivity index (χ0v) is 18.2. The molecule has 0 aliphatic carbocycles. The first-order chi connectivity index (χ1) is 15.2. The van der Waals surface area contributed by atoms with Gasteiger partial charge in [-0.25, -0.2) is 0 Å². The lowest BCUT2D eigenvalue weighted by Crippen LogP contribution is -2.44. The van der Waals surface area contributed by atoms with Crippen molar-refractivity contribution in [3.05, 3.63) is 65.7 Å². The molecule has 0 bridgehead atoms. The molecule has 2 aromatic carbocycles. The summed E-state index contributed by atoms with van der Waals surface area (Å²) in [6, 6.07) is 18.1. The molecule has 1 fully saturated rings. The van der Waals surface area contributed by atoms with Crippen molar-refractivity contribution in [3.8, 4) is 5.75 Å². The van der Waals surface area contributed by atoms with E-state index < -0.39 is 0 Å². The molecule has 1 heterocycles. The van der Waals surface area contributed by atoms with Crippen molar-refractivity contribution in [2.24, 2.45) is 5.92 Å². The van der Waals surface area contributed by atoms with Crippen LogP contribution in [0.5, 0.6) is 5.75 Å². The minimum absolute atomic E-state index is 0.0136. The van der Waals surface area contributed by atoms with E-state index in [0.29, 0.717) is 39.1 Å². The topological polar surface area (TPSA) is 67.9 Å². The maximum atomic E-state index is 12.6. The number of rotatable bonds is 10. The van der Waals surface area contributed by atoms with E-state index in [1.807, 2.05) is 42.5 Å². The second kappa shape index (κ2) is 12.1. The lowest BCUT2D eigenvalue weighted by Gasteiger charge is -2.31. The van der Waals surface area contributed by atoms with Crippen LogP contribution in [0.25, 0.3) is 0 Å². The lowest BCUT2D eigenvalue weighted by atomic mass is 9.96. The number of piperidine rings is 1. The van der Waals surface area contributed by atoms with E-state index in [1.165, 1.54) is 5.56 Å². The average Bonchev–Trinajstić information content (AvgIpc) is 2.82. The first-order valence-electron chi connectivity index (χ1n) is 11.0. The molecule has 0 spiro atoms. The predicted octanol–water partition coefficient (Wildman–Crippen LogP) is 3.05. The monoisotopic (exact) mass is 424 g/mol. The van der Waals surface area contributed by atoms with Gasteiger partial charge in [0.15, 0.2) is 6.61 Å². The summed E-state index contributed by atoms with van der Waals surface area (Å²) in [4.78, 5) is 26.7. The fourth-order valence-corrected chi connectivity index (χ4v) is 3.80. The van der Waals surface area contributed by atoms with Crippen molar-refractivity contribution in [2.45, 2.75) is 25.7 Å². The number of hydrogen-bond donors (Lipinski definition) is 1. The smallest absolute Gasteiger partial charge is 0.260 e. The number of carbonyl (C=O) groups excluding carboxylic acids is 2. The molecule has 0 atom stereocenters. The van der Waals surface area contributed by atoms with Gasteiger partial charge in [-0.3, -0.25) is 9.59 Å². The van der Waals surface area contributed by atoms with Crippen molar-refractivity contribution >= 4 is 11.8 Å². The molecule has 166 valence electrons. The number of para-hydroxylation sites is 1. The molecule has 0 radical (unpaired) electrons. The first kappa shape index (κ1) is 22.8. The van der Waals surface area contributed by atoms with E-state index in [1.54, 1.807) is 12.0 Å². The molecular formula is C25H32N2O4. The summed E-state index contributed by atoms with van der Waals surface area (Å²) in [5.74, 6) is 0.756. The summed E-state index contributed by atoms with van der Waals surface area (Å²) in [7, 11) is 1.65. The van der Waals surface area contributed by atoms with Crippen LogP contribution in [0, 0.1) is 5.92 Å². The van der Waals surface area contributed by atoms with E-state index in [-0.39, 0.29) is 24.3 Å². The predicted molar refractivity (Wildman–Crippen MR) is 120 cm³/mol. The van der Waals surface area contributed by atoms with Gasteiger partial charge < -0.3 is 19.7 Å². The van der Waals surface area contributed by atoms with E-state index in [0.717, 1.165) is 24.2 Å². The van der Waals surface area contributed by atoms with Gasteiger partial charge >= 0.3 is 0 Å². The average molecular weight is 425 g/mol. The van der Waals surface area contributed by atoms with Crippen LogP contribution in [0.3, 0.4) is 0 Å². The fourth-order valence-electron chi connectivity index (χ4n) is 3.80. The third-order valence-corrected chi connectivity index (χ3v) is 5.60. The van der Waals surface area contributed by atoms with Crippen LogP contribution in [0.2, 0.25) is 0 Å². The Bertz CT molecular complexity index is 832. The largest absolute Gasteiger partial charge is 0.483 e. The molecule has 1 saturated heterocycles. The van der Waals surface area contributed by atoms with Crippen LogP contribution in [-0.2, 0) is 20.7 Å². The zero-order valence-electron chi connectivity index (χ0n) is 18.2. The van der Waals surface area contributed by atoms with E-state index in [4.69, 9.17) is 9.47 Å². The summed E-state index contributed by atoms with van der Waals surface area (Å²) in [5, 5.41) is 2.96. The number of carbonyl (C=O) groups is 2. The normalized spacial score (nSPS) is 14.3. The van der Waals surface area contributed by atoms with Gasteiger partial charge in [0.1, 0.15) is 5.75 Å². The number of benzene rings is 2. The van der Waals surface area contributed by atoms with E-state index in [2.05, 4.69) is 17.4 Å². The molecule has 1 aliphatic rings. The van der Waals surface area contributed by atoms with Crippen LogP contribution in [0.4, 0.5) is 0 Å². The number of ether oxygens (including phenoxy) is 2. The van der Waals surface area contributed by atoms with E-state index in [9.17, 15) is 9.59 Å². The van der Waals surface area contributed by atoms with E-state index >= 15 is 0 Å². The van der Waals surface area contributed by atoms with Gasteiger partial charge in [0.25, 0.3) is 5.91 Å². The highest BCUT2D eigenvalue weighted by molar-refractivity contribution is 5.80. The van der Waals surface area contributed by atoms with Crippen LogP contribution < -0.4 is 10.1 Å². The Kier molecular flexibility index (Phi) is 8.91. The maximum absolute atomic E-state index is 12.6. The number of nitrogens with one attached hydrogen (secondary N) is 1. The van der Waals surface area contributed by atoms with Crippen molar-refractivity contribution in [2.75, 3.05) is 40.0 Å². The number of hydrogen-bond acceptors (Lipinski definition) is 4. The minimum Gasteiger partial charge on any atom is -0.483 e. The van der Waals surface area contributed by atoms with Crippen molar-refractivity contribution in [1.82, 2.24) is 10.2 Å². The zero-order chi connectivity index (χ0) is 21.9. The van der Waals surface area contributed by atoms with Gasteiger partial charge in [-0.1, -0.05) is 48.5 Å². The minimum atomic E-state index is -0.0338. The molecular weight excluding hydrogens is 392 g/mol. The molecule has 31 heavy (non-hydrogen) atoms. The van der Waals surface area contributed by atoms with Gasteiger partial charge in [-0.05, 0) is 36.5 Å². The summed E-state index contributed by atoms with van der Waals surface area (Å²) >= 11 is 0. The van der Waals surface area contributed by atoms with Crippen LogP contribution in [-0.4, -0.2) is 56.7 Å². The molecule has 6 heteroatoms. The second-order valence-electron chi connectivity index (χ2n) is 7.85. The number of nitrogens with zero attached hydrogens (tertiary/aromatic N) is 1. The maximum Gasteiger partial charge on any atom is 0.260 e. The first-order valence-corrected chi connectivity index (χ1v) is 11.0. The molecule has 1 aliphatic heterocycles. The van der Waals surface area contributed by atoms with Gasteiger partial charge in [0, 0.05) is 45.7 Å². The third-order valence-electron chi connectivity index (χ3n) is 5.60. The molecule has 1 N–H and O–H groups in total. The quantitative estimate of drug-likeness (QED) is 0.596. The SMILES string of the molecule is COCCCNC(=O)C1CCN(C(=O)COc2ccccc2Cc2ccccc2)CC1. The Labute approximate surface area is 184 Å². The molecule has 2 aromatic rings. The standard InChI is InChI=1S/C25H32N2O4/c1-30-17-7-14-26-25(29)21-12-15-27(16-13-21)24(28)19-31-23-11-6-5-10-22(23)18-20-8-3-2-4-9-20/h2-6,8-11,21H,7,12-19H2,1H3,(H,26,29). The summed E-state index contributed by atoms with van der Waals surface area (Å²) in [5.41, 5.74) is 2.26. The molecule has 3 rings (SSSR count). The molecule has 0 unspecified atom stereocenters. The Morgan fingerprint density at radius 3 is 2.48 bits per heavy atom. The molecule has 2 amide bonds. The Morgan fingerprint density at radius 1 is 1.03 bits per heavy atom. The summed E-state index contributed by atoms with van der Waals surface area (Å²) in [6.45, 7) is 2.46. The van der Waals surface area contributed by atoms with Gasteiger partial charge in [-0.15, -0.1) is 0 Å². The summed E-state index contributed by atoms with van der Waals surface area (Å²) in [6.07, 6.45) is 2.94. The Morgan fingerprint density at radius 2 is 1.74 bits per heavy atom. The highest BCUT2D eigenvalue weighted by atomic mass is 16.5. The highest BCUT2D eigenvalue weighted by Gasteiger charge is 2.27. The van der Waals surface area contributed by atoms with Crippen LogP contribution in [0.1, 0.15) is 30.4 Å². The summed E-state index contributed by atoms with van der Waals surface area (Å²) < 4.78 is 10.9. The van der Waals surface area contributed by atoms with Crippen molar-refractivity contribution in [3.63, 3.8) is 0 Å². The lowest BCUT2D eigenvalue weighted by molar-refractivity contribution is -0.137. The Hall–Kier alpha value is -2.86. The molecule has 0 aromatic heterocycles. The van der Waals surface area contributed by atoms with Gasteiger partial charge in [-0.2, -0.15) is 0 Å². The number of likely N-dealkylation sites (tertiary alicyclic amines) is 1. The molecule has 6 nitrogen and oxygen atoms in total. The Balaban J connectivity index is 1.44. The van der Waals surface area contributed by atoms with Crippen molar-refractivity contribution in [1.29, 1.82) is 0 Å². The van der Waals surface area contributed by atoms with Gasteiger partial charge in [0.05, 0.1) is 0 Å². The van der Waals surface area contributed by atoms with Crippen LogP contribution in [0.15, 0.2) is 54.6 Å². The third kappa shape index (κ3) is 7.10. The number of methoxy groups -OCH3 is 1. The van der Waals surface area contributed by atoms with Crippen molar-refractivity contribution < 1.29 is 19.1 Å². The number of amides is 2. The second-order valence-corrected chi connectivity index (χ2v) is 7.85. The fraction of sp³-hybridized carbons (Fsp3) is 0.440. The molecule has 0 saturated carbocycles. The van der Waals surface area contributed by atoms with Crippen LogP contribution >= 0.6 is 0 Å². The highest BCUT2D eigenvalue weighted by Crippen LogP contribution is 2.22.